The SMILES string of the molecule is Cc1ccc(N2C[C@@H](C(=O)N3CCC(C(=O)NC4CCCCCCC4)CC3)CC2=O)cc1. The van der Waals surface area contributed by atoms with Crippen LogP contribution in [0.25, 0.3) is 0 Å². The maximum atomic E-state index is 13.1. The molecule has 3 amide bonds. The second kappa shape index (κ2) is 10.5. The van der Waals surface area contributed by atoms with Crippen molar-refractivity contribution >= 4 is 23.4 Å². The third kappa shape index (κ3) is 5.51. The molecule has 0 bridgehead atoms. The van der Waals surface area contributed by atoms with Gasteiger partial charge in [-0.05, 0) is 44.7 Å². The number of nitrogens with zero attached hydrogens (tertiary/aromatic N) is 2. The van der Waals surface area contributed by atoms with Gasteiger partial charge >= 0.3 is 0 Å². The molecule has 2 heterocycles. The second-order valence-electron chi connectivity index (χ2n) is 9.89. The maximum absolute atomic E-state index is 13.1. The molecule has 174 valence electrons. The fourth-order valence-corrected chi connectivity index (χ4v) is 5.39. The van der Waals surface area contributed by atoms with Crippen LogP contribution in [-0.2, 0) is 14.4 Å². The highest BCUT2D eigenvalue weighted by atomic mass is 16.2. The monoisotopic (exact) mass is 439 g/mol. The van der Waals surface area contributed by atoms with Gasteiger partial charge < -0.3 is 15.1 Å². The van der Waals surface area contributed by atoms with E-state index in [0.717, 1.165) is 24.1 Å². The smallest absolute Gasteiger partial charge is 0.228 e. The molecule has 0 aromatic heterocycles. The van der Waals surface area contributed by atoms with Gasteiger partial charge in [-0.1, -0.05) is 49.8 Å². The average molecular weight is 440 g/mol. The molecule has 2 aliphatic heterocycles. The number of rotatable bonds is 4. The summed E-state index contributed by atoms with van der Waals surface area (Å²) in [7, 11) is 0. The van der Waals surface area contributed by atoms with Crippen LogP contribution in [0.15, 0.2) is 24.3 Å². The van der Waals surface area contributed by atoms with Crippen LogP contribution >= 0.6 is 0 Å². The van der Waals surface area contributed by atoms with Crippen LogP contribution in [0.5, 0.6) is 0 Å². The van der Waals surface area contributed by atoms with Crippen molar-refractivity contribution in [2.24, 2.45) is 11.8 Å². The van der Waals surface area contributed by atoms with Gasteiger partial charge in [0, 0.05) is 43.7 Å². The van der Waals surface area contributed by atoms with Gasteiger partial charge in [0.15, 0.2) is 0 Å². The second-order valence-corrected chi connectivity index (χ2v) is 9.89. The van der Waals surface area contributed by atoms with Gasteiger partial charge in [-0.2, -0.15) is 0 Å². The summed E-state index contributed by atoms with van der Waals surface area (Å²) in [5.41, 5.74) is 2.01. The van der Waals surface area contributed by atoms with Crippen LogP contribution < -0.4 is 10.2 Å². The van der Waals surface area contributed by atoms with E-state index in [1.807, 2.05) is 36.1 Å². The quantitative estimate of drug-likeness (QED) is 0.775. The highest BCUT2D eigenvalue weighted by Gasteiger charge is 2.38. The van der Waals surface area contributed by atoms with Gasteiger partial charge in [0.05, 0.1) is 5.92 Å². The number of anilines is 1. The van der Waals surface area contributed by atoms with Crippen LogP contribution in [0.3, 0.4) is 0 Å². The van der Waals surface area contributed by atoms with Crippen molar-refractivity contribution in [2.45, 2.75) is 77.2 Å². The summed E-state index contributed by atoms with van der Waals surface area (Å²) >= 11 is 0. The molecule has 1 saturated carbocycles. The standard InChI is InChI=1S/C26H37N3O3/c1-19-9-11-23(12-10-19)29-18-21(17-24(29)30)26(32)28-15-13-20(14-16-28)25(31)27-22-7-5-3-2-4-6-8-22/h9-12,20-22H,2-8,13-18H2,1H3,(H,27,31)/t21-/m0/s1. The van der Waals surface area contributed by atoms with E-state index >= 15 is 0 Å². The minimum absolute atomic E-state index is 0.00115. The molecular formula is C26H37N3O3. The van der Waals surface area contributed by atoms with E-state index < -0.39 is 0 Å². The van der Waals surface area contributed by atoms with Crippen molar-refractivity contribution in [2.75, 3.05) is 24.5 Å². The van der Waals surface area contributed by atoms with E-state index in [2.05, 4.69) is 5.32 Å². The molecule has 3 fully saturated rings. The van der Waals surface area contributed by atoms with Gasteiger partial charge in [-0.25, -0.2) is 0 Å². The number of hydrogen-bond acceptors (Lipinski definition) is 3. The summed E-state index contributed by atoms with van der Waals surface area (Å²) in [5.74, 6) is -0.0420. The van der Waals surface area contributed by atoms with Crippen molar-refractivity contribution < 1.29 is 14.4 Å². The Morgan fingerprint density at radius 2 is 1.50 bits per heavy atom. The van der Waals surface area contributed by atoms with Gasteiger partial charge in [0.1, 0.15) is 0 Å². The van der Waals surface area contributed by atoms with Crippen LogP contribution in [0.4, 0.5) is 5.69 Å². The molecule has 1 aromatic rings. The summed E-state index contributed by atoms with van der Waals surface area (Å²) in [6.45, 7) is 3.68. The Hall–Kier alpha value is -2.37. The van der Waals surface area contributed by atoms with Crippen LogP contribution in [0.2, 0.25) is 0 Å². The predicted octanol–water partition coefficient (Wildman–Crippen LogP) is 3.82. The number of aryl methyl sites for hydroxylation is 1. The van der Waals surface area contributed by atoms with Gasteiger partial charge in [0.25, 0.3) is 0 Å². The Balaban J connectivity index is 1.25. The summed E-state index contributed by atoms with van der Waals surface area (Å²) < 4.78 is 0. The lowest BCUT2D eigenvalue weighted by atomic mass is 9.92. The van der Waals surface area contributed by atoms with Crippen molar-refractivity contribution in [3.8, 4) is 0 Å². The lowest BCUT2D eigenvalue weighted by molar-refractivity contribution is -0.139. The molecule has 0 radical (unpaired) electrons. The average Bonchev–Trinajstić information content (AvgIpc) is 3.17. The van der Waals surface area contributed by atoms with Gasteiger partial charge in [-0.15, -0.1) is 0 Å². The van der Waals surface area contributed by atoms with E-state index in [-0.39, 0.29) is 36.0 Å². The number of benzene rings is 1. The number of amides is 3. The van der Waals surface area contributed by atoms with Crippen molar-refractivity contribution in [1.29, 1.82) is 0 Å². The number of likely N-dealkylation sites (tertiary alicyclic amines) is 1. The normalized spacial score (nSPS) is 23.7. The zero-order valence-electron chi connectivity index (χ0n) is 19.4. The first-order valence-corrected chi connectivity index (χ1v) is 12.5. The molecule has 1 aromatic carbocycles. The van der Waals surface area contributed by atoms with Crippen molar-refractivity contribution in [1.82, 2.24) is 10.2 Å². The molecule has 0 spiro atoms. The lowest BCUT2D eigenvalue weighted by Crippen LogP contribution is -2.47. The molecule has 1 N–H and O–H groups in total. The largest absolute Gasteiger partial charge is 0.353 e. The Kier molecular flexibility index (Phi) is 7.48. The molecule has 4 rings (SSSR count). The summed E-state index contributed by atoms with van der Waals surface area (Å²) in [5, 5.41) is 3.30. The molecule has 6 nitrogen and oxygen atoms in total. The van der Waals surface area contributed by atoms with Crippen molar-refractivity contribution in [3.05, 3.63) is 29.8 Å². The first-order valence-electron chi connectivity index (χ1n) is 12.5. The Bertz CT molecular complexity index is 806. The third-order valence-electron chi connectivity index (χ3n) is 7.45. The van der Waals surface area contributed by atoms with E-state index in [1.54, 1.807) is 4.90 Å². The van der Waals surface area contributed by atoms with E-state index in [1.165, 1.54) is 32.1 Å². The molecule has 32 heavy (non-hydrogen) atoms. The number of piperidine rings is 1. The van der Waals surface area contributed by atoms with Crippen molar-refractivity contribution in [3.63, 3.8) is 0 Å². The number of carbonyl (C=O) groups excluding carboxylic acids is 3. The number of nitrogens with one attached hydrogen (secondary N) is 1. The number of hydrogen-bond donors (Lipinski definition) is 1. The minimum atomic E-state index is -0.288. The highest BCUT2D eigenvalue weighted by Crippen LogP contribution is 2.28. The van der Waals surface area contributed by atoms with Crippen LogP contribution in [-0.4, -0.2) is 48.3 Å². The zero-order valence-corrected chi connectivity index (χ0v) is 19.4. The van der Waals surface area contributed by atoms with Gasteiger partial charge in [-0.3, -0.25) is 14.4 Å². The fraction of sp³-hybridized carbons (Fsp3) is 0.654. The van der Waals surface area contributed by atoms with E-state index in [9.17, 15) is 14.4 Å². The lowest BCUT2D eigenvalue weighted by Gasteiger charge is -2.33. The Labute approximate surface area is 191 Å². The first-order chi connectivity index (χ1) is 15.5. The molecule has 2 saturated heterocycles. The first kappa shape index (κ1) is 22.8. The molecular weight excluding hydrogens is 402 g/mol. The molecule has 0 unspecified atom stereocenters. The molecule has 1 atom stereocenters. The van der Waals surface area contributed by atoms with E-state index in [0.29, 0.717) is 38.5 Å². The summed E-state index contributed by atoms with van der Waals surface area (Å²) in [6.07, 6.45) is 10.2. The van der Waals surface area contributed by atoms with Crippen LogP contribution in [0, 0.1) is 18.8 Å². The minimum Gasteiger partial charge on any atom is -0.353 e. The van der Waals surface area contributed by atoms with E-state index in [4.69, 9.17) is 0 Å². The molecule has 6 heteroatoms. The topological polar surface area (TPSA) is 69.7 Å². The molecule has 3 aliphatic rings. The van der Waals surface area contributed by atoms with Crippen LogP contribution in [0.1, 0.15) is 69.8 Å². The Morgan fingerprint density at radius 3 is 2.16 bits per heavy atom. The zero-order chi connectivity index (χ0) is 22.5. The van der Waals surface area contributed by atoms with Gasteiger partial charge in [0.2, 0.25) is 17.7 Å². The molecule has 1 aliphatic carbocycles. The highest BCUT2D eigenvalue weighted by molar-refractivity contribution is 6.00. The summed E-state index contributed by atoms with van der Waals surface area (Å²) in [4.78, 5) is 42.0. The number of carbonyl (C=O) groups is 3. The third-order valence-corrected chi connectivity index (χ3v) is 7.45. The predicted molar refractivity (Wildman–Crippen MR) is 125 cm³/mol. The Morgan fingerprint density at radius 1 is 0.875 bits per heavy atom. The fourth-order valence-electron chi connectivity index (χ4n) is 5.39. The maximum Gasteiger partial charge on any atom is 0.228 e. The summed E-state index contributed by atoms with van der Waals surface area (Å²) in [6, 6.07) is 8.19.